The Balaban J connectivity index is 1.37. The van der Waals surface area contributed by atoms with E-state index < -0.39 is 17.8 Å². The standard InChI is InChI=1S/C36H40N2O6/c1-25(2)24-42-31-16-9-8-15-30(31)38(22-10-20-37-21-19-26-11-4-3-5-12-26)35(40)29-23-33(39)43-32-18-17-27-13-6-7-14-28(27)34(32)44-36(29)41/h3-5,8-9,11-12,15-18,23,25,37H,6-7,10,13-14,19-22,24H2,1-2H3/b29-23+. The van der Waals surface area contributed by atoms with Crippen LogP contribution in [0.2, 0.25) is 0 Å². The summed E-state index contributed by atoms with van der Waals surface area (Å²) in [6.45, 7) is 6.27. The number of nitrogens with one attached hydrogen (secondary N) is 1. The Labute approximate surface area is 259 Å². The van der Waals surface area contributed by atoms with Crippen LogP contribution in [-0.4, -0.2) is 44.1 Å². The minimum absolute atomic E-state index is 0.192. The lowest BCUT2D eigenvalue weighted by Gasteiger charge is -2.27. The summed E-state index contributed by atoms with van der Waals surface area (Å²) in [6, 6.07) is 21.1. The SMILES string of the molecule is CC(C)COc1ccccc1N(CCCNCCc1ccccc1)C(=O)/C1=C\C(=O)Oc2ccc3c(c2OC1=O)CCCC3. The molecule has 3 aromatic rings. The molecule has 1 aliphatic carbocycles. The second kappa shape index (κ2) is 14.8. The van der Waals surface area contributed by atoms with Gasteiger partial charge in [0.2, 0.25) is 0 Å². The zero-order chi connectivity index (χ0) is 30.9. The van der Waals surface area contributed by atoms with Crippen LogP contribution in [0.3, 0.4) is 0 Å². The molecule has 0 aromatic heterocycles. The summed E-state index contributed by atoms with van der Waals surface area (Å²) in [5.74, 6) is -1.11. The number of para-hydroxylation sites is 2. The predicted molar refractivity (Wildman–Crippen MR) is 169 cm³/mol. The number of aryl methyl sites for hydroxylation is 1. The molecular formula is C36H40N2O6. The maximum Gasteiger partial charge on any atom is 0.349 e. The van der Waals surface area contributed by atoms with Gasteiger partial charge in [0, 0.05) is 18.2 Å². The summed E-state index contributed by atoms with van der Waals surface area (Å²) in [5.41, 5.74) is 3.30. The minimum atomic E-state index is -0.876. The molecule has 0 radical (unpaired) electrons. The smallest absolute Gasteiger partial charge is 0.349 e. The number of fused-ring (bicyclic) bond motifs is 3. The zero-order valence-electron chi connectivity index (χ0n) is 25.5. The van der Waals surface area contributed by atoms with E-state index in [0.29, 0.717) is 37.4 Å². The second-order valence-corrected chi connectivity index (χ2v) is 11.6. The highest BCUT2D eigenvalue weighted by Gasteiger charge is 2.33. The normalized spacial score (nSPS) is 15.6. The lowest BCUT2D eigenvalue weighted by molar-refractivity contribution is -0.136. The first-order valence-electron chi connectivity index (χ1n) is 15.5. The molecule has 1 amide bonds. The molecule has 0 atom stereocenters. The Morgan fingerprint density at radius 1 is 0.932 bits per heavy atom. The number of ether oxygens (including phenoxy) is 3. The Hall–Kier alpha value is -4.43. The molecule has 0 bridgehead atoms. The van der Waals surface area contributed by atoms with Crippen molar-refractivity contribution in [2.45, 2.75) is 52.4 Å². The molecule has 0 spiro atoms. The highest BCUT2D eigenvalue weighted by atomic mass is 16.6. The average Bonchev–Trinajstić information content (AvgIpc) is 3.03. The molecule has 230 valence electrons. The Morgan fingerprint density at radius 3 is 2.52 bits per heavy atom. The van der Waals surface area contributed by atoms with E-state index in [4.69, 9.17) is 14.2 Å². The lowest BCUT2D eigenvalue weighted by Crippen LogP contribution is -2.38. The summed E-state index contributed by atoms with van der Waals surface area (Å²) in [6.07, 6.45) is 5.98. The quantitative estimate of drug-likeness (QED) is 0.126. The molecule has 8 heteroatoms. The second-order valence-electron chi connectivity index (χ2n) is 11.6. The van der Waals surface area contributed by atoms with Crippen LogP contribution in [0.15, 0.2) is 78.4 Å². The molecule has 1 heterocycles. The van der Waals surface area contributed by atoms with Crippen molar-refractivity contribution in [1.29, 1.82) is 0 Å². The number of hydrogen-bond acceptors (Lipinski definition) is 7. The van der Waals surface area contributed by atoms with Gasteiger partial charge in [-0.25, -0.2) is 9.59 Å². The van der Waals surface area contributed by atoms with E-state index in [2.05, 4.69) is 17.4 Å². The van der Waals surface area contributed by atoms with Crippen LogP contribution >= 0.6 is 0 Å². The van der Waals surface area contributed by atoms with Crippen molar-refractivity contribution < 1.29 is 28.6 Å². The molecule has 5 rings (SSSR count). The van der Waals surface area contributed by atoms with Crippen molar-refractivity contribution in [2.24, 2.45) is 5.92 Å². The third-order valence-electron chi connectivity index (χ3n) is 7.70. The molecule has 0 unspecified atom stereocenters. The molecule has 8 nitrogen and oxygen atoms in total. The van der Waals surface area contributed by atoms with E-state index in [0.717, 1.165) is 49.4 Å². The molecular weight excluding hydrogens is 556 g/mol. The topological polar surface area (TPSA) is 94.2 Å². The number of carbonyl (C=O) groups excluding carboxylic acids is 3. The van der Waals surface area contributed by atoms with Crippen molar-refractivity contribution in [3.05, 3.63) is 95.1 Å². The van der Waals surface area contributed by atoms with Crippen LogP contribution < -0.4 is 24.4 Å². The van der Waals surface area contributed by atoms with E-state index in [1.54, 1.807) is 18.2 Å². The first-order chi connectivity index (χ1) is 21.4. The van der Waals surface area contributed by atoms with Gasteiger partial charge in [-0.3, -0.25) is 4.79 Å². The van der Waals surface area contributed by atoms with Gasteiger partial charge in [0.05, 0.1) is 12.3 Å². The van der Waals surface area contributed by atoms with Crippen LogP contribution in [-0.2, 0) is 33.6 Å². The Morgan fingerprint density at radius 2 is 1.70 bits per heavy atom. The number of nitrogens with zero attached hydrogens (tertiary/aromatic N) is 1. The summed E-state index contributed by atoms with van der Waals surface area (Å²) in [4.78, 5) is 42.3. The molecule has 3 aromatic carbocycles. The predicted octanol–water partition coefficient (Wildman–Crippen LogP) is 5.61. The maximum atomic E-state index is 14.2. The average molecular weight is 597 g/mol. The number of esters is 2. The highest BCUT2D eigenvalue weighted by molar-refractivity contribution is 6.25. The molecule has 1 aliphatic heterocycles. The summed E-state index contributed by atoms with van der Waals surface area (Å²) in [5, 5.41) is 3.44. The molecule has 1 N–H and O–H groups in total. The number of benzene rings is 3. The van der Waals surface area contributed by atoms with Crippen molar-refractivity contribution in [1.82, 2.24) is 5.32 Å². The summed E-state index contributed by atoms with van der Waals surface area (Å²) in [7, 11) is 0. The first kappa shape index (κ1) is 31.0. The largest absolute Gasteiger partial charge is 0.491 e. The molecule has 0 fully saturated rings. The summed E-state index contributed by atoms with van der Waals surface area (Å²) < 4.78 is 17.5. The third kappa shape index (κ3) is 7.74. The van der Waals surface area contributed by atoms with Gasteiger partial charge in [0.1, 0.15) is 11.3 Å². The van der Waals surface area contributed by atoms with Crippen molar-refractivity contribution >= 4 is 23.5 Å². The van der Waals surface area contributed by atoms with Crippen LogP contribution in [0.25, 0.3) is 0 Å². The molecule has 44 heavy (non-hydrogen) atoms. The Bertz CT molecular complexity index is 1510. The lowest BCUT2D eigenvalue weighted by atomic mass is 9.90. The van der Waals surface area contributed by atoms with Crippen LogP contribution in [0, 0.1) is 5.92 Å². The fraction of sp³-hybridized carbons (Fsp3) is 0.361. The van der Waals surface area contributed by atoms with Crippen molar-refractivity contribution in [2.75, 3.05) is 31.1 Å². The number of anilines is 1. The van der Waals surface area contributed by atoms with E-state index in [1.807, 2.05) is 50.2 Å². The Kier molecular flexibility index (Phi) is 10.5. The fourth-order valence-corrected chi connectivity index (χ4v) is 5.48. The van der Waals surface area contributed by atoms with E-state index in [-0.39, 0.29) is 29.5 Å². The van der Waals surface area contributed by atoms with Gasteiger partial charge in [-0.15, -0.1) is 0 Å². The van der Waals surface area contributed by atoms with Crippen LogP contribution in [0.4, 0.5) is 5.69 Å². The number of carbonyl (C=O) groups is 3. The third-order valence-corrected chi connectivity index (χ3v) is 7.70. The number of hydrogen-bond donors (Lipinski definition) is 1. The monoisotopic (exact) mass is 596 g/mol. The van der Waals surface area contributed by atoms with Crippen molar-refractivity contribution in [3.63, 3.8) is 0 Å². The van der Waals surface area contributed by atoms with Gasteiger partial charge in [-0.1, -0.05) is 62.4 Å². The van der Waals surface area contributed by atoms with Gasteiger partial charge >= 0.3 is 11.9 Å². The van der Waals surface area contributed by atoms with Crippen LogP contribution in [0.1, 0.15) is 49.8 Å². The number of amides is 1. The molecule has 0 saturated heterocycles. The van der Waals surface area contributed by atoms with E-state index in [1.165, 1.54) is 10.5 Å². The first-order valence-corrected chi connectivity index (χ1v) is 15.5. The minimum Gasteiger partial charge on any atom is -0.491 e. The molecule has 0 saturated carbocycles. The van der Waals surface area contributed by atoms with Gasteiger partial charge < -0.3 is 24.4 Å². The summed E-state index contributed by atoms with van der Waals surface area (Å²) >= 11 is 0. The van der Waals surface area contributed by atoms with Crippen LogP contribution in [0.5, 0.6) is 17.2 Å². The van der Waals surface area contributed by atoms with Gasteiger partial charge in [-0.05, 0) is 86.9 Å². The van der Waals surface area contributed by atoms with Crippen molar-refractivity contribution in [3.8, 4) is 17.2 Å². The van der Waals surface area contributed by atoms with E-state index in [9.17, 15) is 14.4 Å². The number of rotatable bonds is 12. The van der Waals surface area contributed by atoms with Gasteiger partial charge in [0.15, 0.2) is 11.5 Å². The zero-order valence-corrected chi connectivity index (χ0v) is 25.5. The molecule has 2 aliphatic rings. The van der Waals surface area contributed by atoms with Gasteiger partial charge in [-0.2, -0.15) is 0 Å². The fourth-order valence-electron chi connectivity index (χ4n) is 5.48. The van der Waals surface area contributed by atoms with E-state index >= 15 is 0 Å². The maximum absolute atomic E-state index is 14.2. The van der Waals surface area contributed by atoms with Gasteiger partial charge in [0.25, 0.3) is 5.91 Å². The highest BCUT2D eigenvalue weighted by Crippen LogP contribution is 2.39.